The van der Waals surface area contributed by atoms with Crippen LogP contribution in [0.1, 0.15) is 23.8 Å². The van der Waals surface area contributed by atoms with Crippen molar-refractivity contribution in [3.8, 4) is 11.4 Å². The lowest BCUT2D eigenvalue weighted by molar-refractivity contribution is 0.768. The molecule has 3 aromatic heterocycles. The summed E-state index contributed by atoms with van der Waals surface area (Å²) in [4.78, 5) is 11.8. The molecular formula is C15H19N5S. The average molecular weight is 301 g/mol. The molecule has 0 radical (unpaired) electrons. The molecule has 0 aliphatic carbocycles. The zero-order chi connectivity index (χ0) is 15.0. The topological polar surface area (TPSA) is 55.6 Å². The third kappa shape index (κ3) is 2.51. The lowest BCUT2D eigenvalue weighted by Gasteiger charge is -2.08. The van der Waals surface area contributed by atoms with Gasteiger partial charge in [-0.15, -0.1) is 11.3 Å². The van der Waals surface area contributed by atoms with Gasteiger partial charge in [0.2, 0.25) is 0 Å². The first-order chi connectivity index (χ1) is 10.1. The average Bonchev–Trinajstić information content (AvgIpc) is 3.01. The van der Waals surface area contributed by atoms with E-state index in [1.807, 2.05) is 13.2 Å². The summed E-state index contributed by atoms with van der Waals surface area (Å²) in [6.45, 7) is 7.33. The van der Waals surface area contributed by atoms with Crippen LogP contribution in [0, 0.1) is 13.8 Å². The van der Waals surface area contributed by atoms with Gasteiger partial charge in [-0.25, -0.2) is 9.97 Å². The Labute approximate surface area is 128 Å². The van der Waals surface area contributed by atoms with Gasteiger partial charge in [0.05, 0.1) is 17.1 Å². The van der Waals surface area contributed by atoms with Gasteiger partial charge in [0.15, 0.2) is 5.82 Å². The number of hydrogen-bond acceptors (Lipinski definition) is 5. The first-order valence-corrected chi connectivity index (χ1v) is 7.92. The van der Waals surface area contributed by atoms with Gasteiger partial charge in [0.25, 0.3) is 0 Å². The van der Waals surface area contributed by atoms with Gasteiger partial charge in [-0.2, -0.15) is 5.10 Å². The van der Waals surface area contributed by atoms with Gasteiger partial charge >= 0.3 is 0 Å². The largest absolute Gasteiger partial charge is 0.369 e. The van der Waals surface area contributed by atoms with Crippen molar-refractivity contribution in [2.45, 2.75) is 27.2 Å². The summed E-state index contributed by atoms with van der Waals surface area (Å²) in [5.41, 5.74) is 2.22. The van der Waals surface area contributed by atoms with E-state index in [-0.39, 0.29) is 0 Å². The number of hydrogen-bond donors (Lipinski definition) is 1. The lowest BCUT2D eigenvalue weighted by Crippen LogP contribution is -2.04. The molecule has 0 fully saturated rings. The SMILES string of the molecule is CCCNc1nc(-c2cnn(C)c2)nc2sc(C)c(C)c12. The summed E-state index contributed by atoms with van der Waals surface area (Å²) >= 11 is 1.72. The molecule has 0 saturated heterocycles. The van der Waals surface area contributed by atoms with Crippen LogP contribution in [-0.2, 0) is 7.05 Å². The maximum atomic E-state index is 4.73. The Bertz CT molecular complexity index is 787. The zero-order valence-corrected chi connectivity index (χ0v) is 13.6. The summed E-state index contributed by atoms with van der Waals surface area (Å²) in [6.07, 6.45) is 4.81. The fraction of sp³-hybridized carbons (Fsp3) is 0.400. The van der Waals surface area contributed by atoms with Crippen LogP contribution < -0.4 is 5.32 Å². The standard InChI is InChI=1S/C15H19N5S/c1-5-6-16-14-12-9(2)10(3)21-15(12)19-13(18-14)11-7-17-20(4)8-11/h7-8H,5-6H2,1-4H3,(H,16,18,19). The Morgan fingerprint density at radius 3 is 2.76 bits per heavy atom. The molecule has 3 aromatic rings. The molecular weight excluding hydrogens is 282 g/mol. The fourth-order valence-corrected chi connectivity index (χ4v) is 3.32. The van der Waals surface area contributed by atoms with Crippen LogP contribution in [0.5, 0.6) is 0 Å². The van der Waals surface area contributed by atoms with Crippen molar-refractivity contribution in [3.05, 3.63) is 22.8 Å². The maximum absolute atomic E-state index is 4.73. The number of anilines is 1. The number of aryl methyl sites for hydroxylation is 3. The van der Waals surface area contributed by atoms with Gasteiger partial charge < -0.3 is 5.32 Å². The van der Waals surface area contributed by atoms with Crippen LogP contribution in [0.3, 0.4) is 0 Å². The van der Waals surface area contributed by atoms with Gasteiger partial charge in [-0.05, 0) is 25.8 Å². The highest BCUT2D eigenvalue weighted by Crippen LogP contribution is 2.34. The molecule has 0 aliphatic heterocycles. The predicted octanol–water partition coefficient (Wildman–Crippen LogP) is 3.53. The second-order valence-corrected chi connectivity index (χ2v) is 6.39. The van der Waals surface area contributed by atoms with Crippen LogP contribution in [0.15, 0.2) is 12.4 Å². The van der Waals surface area contributed by atoms with Crippen molar-refractivity contribution < 1.29 is 0 Å². The molecule has 0 amide bonds. The van der Waals surface area contributed by atoms with E-state index < -0.39 is 0 Å². The van der Waals surface area contributed by atoms with Crippen LogP contribution in [0.25, 0.3) is 21.6 Å². The summed E-state index contributed by atoms with van der Waals surface area (Å²) in [5.74, 6) is 1.66. The van der Waals surface area contributed by atoms with Crippen molar-refractivity contribution in [2.75, 3.05) is 11.9 Å². The highest BCUT2D eigenvalue weighted by Gasteiger charge is 2.15. The Morgan fingerprint density at radius 2 is 2.10 bits per heavy atom. The summed E-state index contributed by atoms with van der Waals surface area (Å²) in [5, 5.41) is 8.80. The highest BCUT2D eigenvalue weighted by atomic mass is 32.1. The van der Waals surface area contributed by atoms with Crippen LogP contribution in [0.4, 0.5) is 5.82 Å². The number of nitrogens with one attached hydrogen (secondary N) is 1. The molecule has 3 heterocycles. The van der Waals surface area contributed by atoms with Crippen molar-refractivity contribution >= 4 is 27.4 Å². The molecule has 0 spiro atoms. The van der Waals surface area contributed by atoms with Gasteiger partial charge in [0, 0.05) is 24.7 Å². The van der Waals surface area contributed by atoms with Gasteiger partial charge in [-0.1, -0.05) is 6.92 Å². The number of rotatable bonds is 4. The number of nitrogens with zero attached hydrogens (tertiary/aromatic N) is 4. The minimum atomic E-state index is 0.732. The monoisotopic (exact) mass is 301 g/mol. The quantitative estimate of drug-likeness (QED) is 0.801. The minimum absolute atomic E-state index is 0.732. The van der Waals surface area contributed by atoms with E-state index in [1.54, 1.807) is 22.2 Å². The highest BCUT2D eigenvalue weighted by molar-refractivity contribution is 7.18. The van der Waals surface area contributed by atoms with E-state index in [2.05, 4.69) is 31.2 Å². The van der Waals surface area contributed by atoms with Crippen LogP contribution in [-0.4, -0.2) is 26.3 Å². The van der Waals surface area contributed by atoms with Crippen molar-refractivity contribution in [3.63, 3.8) is 0 Å². The molecule has 5 nitrogen and oxygen atoms in total. The molecule has 3 rings (SSSR count). The second-order valence-electron chi connectivity index (χ2n) is 5.19. The second kappa shape index (κ2) is 5.44. The first-order valence-electron chi connectivity index (χ1n) is 7.10. The van der Waals surface area contributed by atoms with Gasteiger partial charge in [-0.3, -0.25) is 4.68 Å². The number of fused-ring (bicyclic) bond motifs is 1. The molecule has 6 heteroatoms. The Morgan fingerprint density at radius 1 is 1.29 bits per heavy atom. The smallest absolute Gasteiger partial charge is 0.166 e. The number of aromatic nitrogens is 4. The predicted molar refractivity (Wildman–Crippen MR) is 87.9 cm³/mol. The molecule has 110 valence electrons. The van der Waals surface area contributed by atoms with Crippen LogP contribution in [0.2, 0.25) is 0 Å². The third-order valence-electron chi connectivity index (χ3n) is 3.53. The van der Waals surface area contributed by atoms with Gasteiger partial charge in [0.1, 0.15) is 10.6 Å². The minimum Gasteiger partial charge on any atom is -0.369 e. The van der Waals surface area contributed by atoms with E-state index >= 15 is 0 Å². The van der Waals surface area contributed by atoms with E-state index in [0.717, 1.165) is 40.4 Å². The normalized spacial score (nSPS) is 11.2. The maximum Gasteiger partial charge on any atom is 0.166 e. The van der Waals surface area contributed by atoms with E-state index in [4.69, 9.17) is 9.97 Å². The molecule has 0 unspecified atom stereocenters. The summed E-state index contributed by atoms with van der Waals surface area (Å²) in [7, 11) is 1.90. The molecule has 0 saturated carbocycles. The Hall–Kier alpha value is -1.95. The Kier molecular flexibility index (Phi) is 3.63. The molecule has 0 bridgehead atoms. The summed E-state index contributed by atoms with van der Waals surface area (Å²) < 4.78 is 1.77. The number of thiophene rings is 1. The fourth-order valence-electron chi connectivity index (χ4n) is 2.29. The molecule has 1 N–H and O–H groups in total. The van der Waals surface area contributed by atoms with Crippen molar-refractivity contribution in [2.24, 2.45) is 7.05 Å². The van der Waals surface area contributed by atoms with E-state index in [9.17, 15) is 0 Å². The summed E-state index contributed by atoms with van der Waals surface area (Å²) in [6, 6.07) is 0. The van der Waals surface area contributed by atoms with Crippen molar-refractivity contribution in [1.29, 1.82) is 0 Å². The van der Waals surface area contributed by atoms with Crippen molar-refractivity contribution in [1.82, 2.24) is 19.7 Å². The van der Waals surface area contributed by atoms with E-state index in [1.165, 1.54) is 10.4 Å². The molecule has 0 aliphatic rings. The van der Waals surface area contributed by atoms with Crippen LogP contribution >= 0.6 is 11.3 Å². The molecule has 21 heavy (non-hydrogen) atoms. The zero-order valence-electron chi connectivity index (χ0n) is 12.8. The molecule has 0 aromatic carbocycles. The third-order valence-corrected chi connectivity index (χ3v) is 4.64. The molecule has 0 atom stereocenters. The Balaban J connectivity index is 2.19. The lowest BCUT2D eigenvalue weighted by atomic mass is 10.2. The van der Waals surface area contributed by atoms with E-state index in [0.29, 0.717) is 0 Å². The first kappa shape index (κ1) is 14.0.